The van der Waals surface area contributed by atoms with Crippen LogP contribution in [0.15, 0.2) is 112 Å². The number of carbonyl (C=O) groups is 2. The van der Waals surface area contributed by atoms with Crippen LogP contribution in [0.1, 0.15) is 31.9 Å². The molecule has 0 aliphatic rings. The van der Waals surface area contributed by atoms with Gasteiger partial charge in [-0.2, -0.15) is 0 Å². The van der Waals surface area contributed by atoms with E-state index in [1.54, 1.807) is 18.2 Å². The quantitative estimate of drug-likeness (QED) is 0.172. The van der Waals surface area contributed by atoms with Gasteiger partial charge in [0.15, 0.2) is 0 Å². The van der Waals surface area contributed by atoms with Crippen molar-refractivity contribution in [3.63, 3.8) is 0 Å². The standard InChI is InChI=1S/C35H37BrClN3O5S/c1-35(2,3)38-34(42)32(21-25-9-6-5-7-10-25)39(23-26-13-15-27(36)16-14-26)33(41)24-40(29-12-8-11-28(37)22-29)46(43,44)31-19-17-30(45-4)18-20-31/h5-20,22,32H,21,23-24H2,1-4H3,(H,38,42). The Balaban J connectivity index is 1.81. The normalized spacial score (nSPS) is 12.2. The maximum Gasteiger partial charge on any atom is 0.264 e. The summed E-state index contributed by atoms with van der Waals surface area (Å²) >= 11 is 9.75. The monoisotopic (exact) mass is 725 g/mol. The summed E-state index contributed by atoms with van der Waals surface area (Å²) in [6, 6.07) is 28.1. The van der Waals surface area contributed by atoms with Crippen molar-refractivity contribution < 1.29 is 22.7 Å². The Kier molecular flexibility index (Phi) is 11.5. The van der Waals surface area contributed by atoms with Crippen LogP contribution in [0, 0.1) is 0 Å². The van der Waals surface area contributed by atoms with Gasteiger partial charge >= 0.3 is 0 Å². The van der Waals surface area contributed by atoms with Gasteiger partial charge in [-0.05, 0) is 86.5 Å². The van der Waals surface area contributed by atoms with E-state index < -0.39 is 34.1 Å². The van der Waals surface area contributed by atoms with E-state index in [2.05, 4.69) is 21.2 Å². The van der Waals surface area contributed by atoms with Crippen molar-refractivity contribution in [3.8, 4) is 5.75 Å². The van der Waals surface area contributed by atoms with Crippen LogP contribution in [0.25, 0.3) is 0 Å². The van der Waals surface area contributed by atoms with Crippen LogP contribution in [0.2, 0.25) is 5.02 Å². The highest BCUT2D eigenvalue weighted by Crippen LogP contribution is 2.28. The summed E-state index contributed by atoms with van der Waals surface area (Å²) in [5.74, 6) is -0.433. The molecule has 4 aromatic rings. The fraction of sp³-hybridized carbons (Fsp3) is 0.257. The Morgan fingerprint density at radius 3 is 2.13 bits per heavy atom. The summed E-state index contributed by atoms with van der Waals surface area (Å²) < 4.78 is 35.4. The number of methoxy groups -OCH3 is 1. The number of hydrogen-bond acceptors (Lipinski definition) is 5. The number of ether oxygens (including phenoxy) is 1. The van der Waals surface area contributed by atoms with E-state index in [4.69, 9.17) is 16.3 Å². The Hall–Kier alpha value is -3.86. The van der Waals surface area contributed by atoms with E-state index in [0.717, 1.165) is 19.9 Å². The second-order valence-electron chi connectivity index (χ2n) is 11.8. The Labute approximate surface area is 284 Å². The highest BCUT2D eigenvalue weighted by atomic mass is 79.9. The van der Waals surface area contributed by atoms with Crippen LogP contribution >= 0.6 is 27.5 Å². The van der Waals surface area contributed by atoms with Crippen molar-refractivity contribution in [2.45, 2.75) is 50.2 Å². The minimum absolute atomic E-state index is 0.0353. The van der Waals surface area contributed by atoms with Gasteiger partial charge in [0.25, 0.3) is 10.0 Å². The van der Waals surface area contributed by atoms with Crippen molar-refractivity contribution in [2.75, 3.05) is 18.0 Å². The summed E-state index contributed by atoms with van der Waals surface area (Å²) in [5, 5.41) is 3.33. The summed E-state index contributed by atoms with van der Waals surface area (Å²) in [4.78, 5) is 29.9. The van der Waals surface area contributed by atoms with E-state index in [-0.39, 0.29) is 29.5 Å². The number of nitrogens with one attached hydrogen (secondary N) is 1. The van der Waals surface area contributed by atoms with Crippen molar-refractivity contribution in [1.82, 2.24) is 10.2 Å². The highest BCUT2D eigenvalue weighted by molar-refractivity contribution is 9.10. The van der Waals surface area contributed by atoms with Gasteiger partial charge in [-0.25, -0.2) is 8.42 Å². The number of rotatable bonds is 12. The zero-order valence-corrected chi connectivity index (χ0v) is 29.3. The molecule has 0 spiro atoms. The van der Waals surface area contributed by atoms with E-state index in [1.807, 2.05) is 75.4 Å². The summed E-state index contributed by atoms with van der Waals surface area (Å²) in [6.07, 6.45) is 0.216. The summed E-state index contributed by atoms with van der Waals surface area (Å²) in [6.45, 7) is 5.08. The lowest BCUT2D eigenvalue weighted by Crippen LogP contribution is -2.56. The second-order valence-corrected chi connectivity index (χ2v) is 15.0. The Morgan fingerprint density at radius 1 is 0.891 bits per heavy atom. The molecule has 0 radical (unpaired) electrons. The number of carbonyl (C=O) groups excluding carboxylic acids is 2. The molecule has 0 fully saturated rings. The molecule has 2 amide bonds. The minimum atomic E-state index is -4.27. The van der Waals surface area contributed by atoms with Gasteiger partial charge in [-0.15, -0.1) is 0 Å². The topological polar surface area (TPSA) is 96.0 Å². The maximum atomic E-state index is 14.5. The van der Waals surface area contributed by atoms with E-state index in [9.17, 15) is 18.0 Å². The number of amides is 2. The van der Waals surface area contributed by atoms with Gasteiger partial charge in [0, 0.05) is 28.0 Å². The van der Waals surface area contributed by atoms with Gasteiger partial charge in [-0.3, -0.25) is 13.9 Å². The third-order valence-corrected chi connectivity index (χ3v) is 9.61. The van der Waals surface area contributed by atoms with Crippen LogP contribution in [-0.4, -0.2) is 50.4 Å². The lowest BCUT2D eigenvalue weighted by molar-refractivity contribution is -0.140. The molecule has 0 aromatic heterocycles. The average Bonchev–Trinajstić information content (AvgIpc) is 3.02. The van der Waals surface area contributed by atoms with Gasteiger partial charge < -0.3 is 15.0 Å². The molecule has 0 aliphatic heterocycles. The molecule has 0 saturated heterocycles. The lowest BCUT2D eigenvalue weighted by atomic mass is 10.0. The number of benzene rings is 4. The fourth-order valence-corrected chi connectivity index (χ4v) is 6.68. The molecule has 4 aromatic carbocycles. The molecular formula is C35H37BrClN3O5S. The van der Waals surface area contributed by atoms with Crippen molar-refractivity contribution in [1.29, 1.82) is 0 Å². The van der Waals surface area contributed by atoms with E-state index in [1.165, 1.54) is 42.3 Å². The third kappa shape index (κ3) is 9.34. The lowest BCUT2D eigenvalue weighted by Gasteiger charge is -2.35. The zero-order valence-electron chi connectivity index (χ0n) is 26.1. The molecule has 242 valence electrons. The number of anilines is 1. The van der Waals surface area contributed by atoms with Crippen LogP contribution in [0.4, 0.5) is 5.69 Å². The number of halogens is 2. The first-order valence-corrected chi connectivity index (χ1v) is 17.2. The smallest absolute Gasteiger partial charge is 0.264 e. The first-order chi connectivity index (χ1) is 21.8. The first-order valence-electron chi connectivity index (χ1n) is 14.6. The number of hydrogen-bond donors (Lipinski definition) is 1. The third-order valence-electron chi connectivity index (χ3n) is 7.06. The highest BCUT2D eigenvalue weighted by Gasteiger charge is 2.35. The van der Waals surface area contributed by atoms with Gasteiger partial charge in [0.2, 0.25) is 11.8 Å². The molecule has 1 unspecified atom stereocenters. The van der Waals surface area contributed by atoms with Crippen LogP contribution in [-0.2, 0) is 32.6 Å². The molecule has 1 atom stereocenters. The second kappa shape index (κ2) is 15.2. The molecule has 8 nitrogen and oxygen atoms in total. The maximum absolute atomic E-state index is 14.5. The molecule has 11 heteroatoms. The largest absolute Gasteiger partial charge is 0.497 e. The molecule has 0 bridgehead atoms. The molecule has 46 heavy (non-hydrogen) atoms. The molecular weight excluding hydrogens is 690 g/mol. The van der Waals surface area contributed by atoms with Gasteiger partial charge in [-0.1, -0.05) is 76.1 Å². The first kappa shape index (κ1) is 35.0. The predicted molar refractivity (Wildman–Crippen MR) is 185 cm³/mol. The van der Waals surface area contributed by atoms with Crippen LogP contribution in [0.5, 0.6) is 5.75 Å². The SMILES string of the molecule is COc1ccc(S(=O)(=O)N(CC(=O)N(Cc2ccc(Br)cc2)C(Cc2ccccc2)C(=O)NC(C)(C)C)c2cccc(Cl)c2)cc1. The number of nitrogens with zero attached hydrogens (tertiary/aromatic N) is 2. The average molecular weight is 727 g/mol. The van der Waals surface area contributed by atoms with Gasteiger partial charge in [0.05, 0.1) is 17.7 Å². The van der Waals surface area contributed by atoms with Crippen molar-refractivity contribution in [3.05, 3.63) is 124 Å². The van der Waals surface area contributed by atoms with Crippen LogP contribution < -0.4 is 14.4 Å². The molecule has 0 aliphatic carbocycles. The van der Waals surface area contributed by atoms with Crippen molar-refractivity contribution >= 4 is 55.1 Å². The van der Waals surface area contributed by atoms with E-state index >= 15 is 0 Å². The summed E-state index contributed by atoms with van der Waals surface area (Å²) in [5.41, 5.74) is 1.25. The molecule has 1 N–H and O–H groups in total. The van der Waals surface area contributed by atoms with E-state index in [0.29, 0.717) is 10.8 Å². The Morgan fingerprint density at radius 2 is 1.54 bits per heavy atom. The zero-order chi connectivity index (χ0) is 33.5. The molecule has 4 rings (SSSR count). The minimum Gasteiger partial charge on any atom is -0.497 e. The molecule has 0 saturated carbocycles. The molecule has 0 heterocycles. The Bertz CT molecular complexity index is 1750. The van der Waals surface area contributed by atoms with Gasteiger partial charge in [0.1, 0.15) is 18.3 Å². The summed E-state index contributed by atoms with van der Waals surface area (Å²) in [7, 11) is -2.78. The number of sulfonamides is 1. The predicted octanol–water partition coefficient (Wildman–Crippen LogP) is 6.86. The fourth-order valence-electron chi connectivity index (χ4n) is 4.83. The van der Waals surface area contributed by atoms with Crippen molar-refractivity contribution in [2.24, 2.45) is 0 Å². The van der Waals surface area contributed by atoms with Crippen LogP contribution in [0.3, 0.4) is 0 Å².